The summed E-state index contributed by atoms with van der Waals surface area (Å²) in [5, 5.41) is 0. The summed E-state index contributed by atoms with van der Waals surface area (Å²) in [7, 11) is 0. The Morgan fingerprint density at radius 1 is 1.38 bits per heavy atom. The molecule has 0 spiro atoms. The largest absolute Gasteiger partial charge is 0.0816 e. The highest BCUT2D eigenvalue weighted by Crippen LogP contribution is 2.71. The second-order valence-electron chi connectivity index (χ2n) is 5.97. The van der Waals surface area contributed by atoms with Crippen molar-refractivity contribution >= 4 is 0 Å². The quantitative estimate of drug-likeness (QED) is 0.493. The number of fused-ring (bicyclic) bond motifs is 5. The molecule has 4 atom stereocenters. The Morgan fingerprint density at radius 3 is 2.92 bits per heavy atom. The van der Waals surface area contributed by atoms with Crippen molar-refractivity contribution in [3.8, 4) is 0 Å². The second kappa shape index (κ2) is 2.04. The zero-order chi connectivity index (χ0) is 9.27. The first kappa shape index (κ1) is 8.08. The van der Waals surface area contributed by atoms with E-state index in [1.54, 1.807) is 5.57 Å². The molecule has 0 heteroatoms. The molecule has 3 rings (SSSR count). The molecule has 3 aliphatic carbocycles. The Bertz CT molecular complexity index is 288. The molecule has 0 heterocycles. The molecular weight excluding hydrogens is 156 g/mol. The SMILES string of the molecule is CC1=CC2CC1(C)C1(C)CCCC21. The van der Waals surface area contributed by atoms with Crippen molar-refractivity contribution in [1.29, 1.82) is 0 Å². The van der Waals surface area contributed by atoms with Crippen LogP contribution in [0.3, 0.4) is 0 Å². The van der Waals surface area contributed by atoms with E-state index < -0.39 is 0 Å². The fraction of sp³-hybridized carbons (Fsp3) is 0.846. The van der Waals surface area contributed by atoms with Gasteiger partial charge >= 0.3 is 0 Å². The van der Waals surface area contributed by atoms with Crippen molar-refractivity contribution in [2.45, 2.75) is 46.5 Å². The fourth-order valence-electron chi connectivity index (χ4n) is 4.70. The summed E-state index contributed by atoms with van der Waals surface area (Å²) in [6.07, 6.45) is 8.50. The van der Waals surface area contributed by atoms with Gasteiger partial charge in [-0.1, -0.05) is 31.9 Å². The van der Waals surface area contributed by atoms with Gasteiger partial charge in [0.25, 0.3) is 0 Å². The van der Waals surface area contributed by atoms with Crippen molar-refractivity contribution in [2.75, 3.05) is 0 Å². The van der Waals surface area contributed by atoms with E-state index in [0.717, 1.165) is 11.8 Å². The third kappa shape index (κ3) is 0.671. The van der Waals surface area contributed by atoms with Crippen LogP contribution in [0, 0.1) is 22.7 Å². The molecular formula is C13H20. The van der Waals surface area contributed by atoms with E-state index >= 15 is 0 Å². The lowest BCUT2D eigenvalue weighted by Crippen LogP contribution is -2.36. The summed E-state index contributed by atoms with van der Waals surface area (Å²) in [6.45, 7) is 7.44. The van der Waals surface area contributed by atoms with E-state index in [9.17, 15) is 0 Å². The van der Waals surface area contributed by atoms with Crippen LogP contribution in [0.2, 0.25) is 0 Å². The molecule has 0 nitrogen and oxygen atoms in total. The predicted molar refractivity (Wildman–Crippen MR) is 55.4 cm³/mol. The number of hydrogen-bond acceptors (Lipinski definition) is 0. The van der Waals surface area contributed by atoms with Crippen molar-refractivity contribution < 1.29 is 0 Å². The van der Waals surface area contributed by atoms with Crippen LogP contribution in [0.25, 0.3) is 0 Å². The van der Waals surface area contributed by atoms with Crippen LogP contribution in [-0.2, 0) is 0 Å². The number of hydrogen-bond donors (Lipinski definition) is 0. The highest BCUT2D eigenvalue weighted by atomic mass is 14.7. The van der Waals surface area contributed by atoms with Crippen LogP contribution in [0.15, 0.2) is 11.6 Å². The number of rotatable bonds is 0. The molecule has 0 radical (unpaired) electrons. The average molecular weight is 176 g/mol. The maximum absolute atomic E-state index is 2.58. The molecule has 0 N–H and O–H groups in total. The zero-order valence-corrected chi connectivity index (χ0v) is 9.06. The van der Waals surface area contributed by atoms with E-state index in [1.165, 1.54) is 25.7 Å². The van der Waals surface area contributed by atoms with Crippen LogP contribution in [-0.4, -0.2) is 0 Å². The highest BCUT2D eigenvalue weighted by molar-refractivity contribution is 5.32. The molecule has 3 aliphatic rings. The first-order valence-electron chi connectivity index (χ1n) is 5.77. The van der Waals surface area contributed by atoms with Gasteiger partial charge in [0.2, 0.25) is 0 Å². The lowest BCUT2D eigenvalue weighted by molar-refractivity contribution is 0.117. The van der Waals surface area contributed by atoms with Crippen LogP contribution in [0.1, 0.15) is 46.5 Å². The summed E-state index contributed by atoms with van der Waals surface area (Å²) in [4.78, 5) is 0. The molecule has 2 fully saturated rings. The van der Waals surface area contributed by atoms with Gasteiger partial charge in [0.15, 0.2) is 0 Å². The number of allylic oxidation sites excluding steroid dienone is 2. The summed E-state index contributed by atoms with van der Waals surface area (Å²) in [6, 6.07) is 0. The summed E-state index contributed by atoms with van der Waals surface area (Å²) < 4.78 is 0. The van der Waals surface area contributed by atoms with E-state index in [-0.39, 0.29) is 0 Å². The third-order valence-corrected chi connectivity index (χ3v) is 5.79. The van der Waals surface area contributed by atoms with Gasteiger partial charge in [-0.05, 0) is 48.9 Å². The molecule has 13 heavy (non-hydrogen) atoms. The summed E-state index contributed by atoms with van der Waals surface area (Å²) >= 11 is 0. The Balaban J connectivity index is 2.14. The highest BCUT2D eigenvalue weighted by Gasteiger charge is 2.63. The van der Waals surface area contributed by atoms with Crippen LogP contribution in [0.4, 0.5) is 0 Å². The topological polar surface area (TPSA) is 0 Å². The first-order valence-corrected chi connectivity index (χ1v) is 5.77. The normalized spacial score (nSPS) is 58.2. The Hall–Kier alpha value is -0.260. The lowest BCUT2D eigenvalue weighted by Gasteiger charge is -2.43. The molecule has 0 aliphatic heterocycles. The van der Waals surface area contributed by atoms with Gasteiger partial charge in [0.1, 0.15) is 0 Å². The second-order valence-corrected chi connectivity index (χ2v) is 5.97. The van der Waals surface area contributed by atoms with Crippen LogP contribution >= 0.6 is 0 Å². The van der Waals surface area contributed by atoms with Gasteiger partial charge in [-0.15, -0.1) is 0 Å². The molecule has 4 unspecified atom stereocenters. The van der Waals surface area contributed by atoms with E-state index in [1.807, 2.05) is 0 Å². The van der Waals surface area contributed by atoms with Crippen molar-refractivity contribution in [1.82, 2.24) is 0 Å². The zero-order valence-electron chi connectivity index (χ0n) is 9.06. The van der Waals surface area contributed by atoms with E-state index in [2.05, 4.69) is 26.8 Å². The molecule has 0 aromatic carbocycles. The molecule has 0 aromatic heterocycles. The fourth-order valence-corrected chi connectivity index (χ4v) is 4.70. The van der Waals surface area contributed by atoms with Gasteiger partial charge in [0.05, 0.1) is 0 Å². The first-order chi connectivity index (χ1) is 6.08. The van der Waals surface area contributed by atoms with Gasteiger partial charge < -0.3 is 0 Å². The smallest absolute Gasteiger partial charge is 0.00567 e. The Labute approximate surface area is 81.4 Å². The van der Waals surface area contributed by atoms with Crippen molar-refractivity contribution in [3.63, 3.8) is 0 Å². The summed E-state index contributed by atoms with van der Waals surface area (Å²) in [5.41, 5.74) is 2.92. The van der Waals surface area contributed by atoms with Crippen LogP contribution < -0.4 is 0 Å². The molecule has 72 valence electrons. The van der Waals surface area contributed by atoms with Gasteiger partial charge in [-0.3, -0.25) is 0 Å². The standard InChI is InChI=1S/C13H20/c1-9-7-10-8-13(9,3)12(2)6-4-5-11(10)12/h7,10-11H,4-6,8H2,1-3H3. The monoisotopic (exact) mass is 176 g/mol. The minimum absolute atomic E-state index is 0.568. The van der Waals surface area contributed by atoms with Gasteiger partial charge in [-0.2, -0.15) is 0 Å². The molecule has 0 aromatic rings. The van der Waals surface area contributed by atoms with E-state index in [4.69, 9.17) is 0 Å². The van der Waals surface area contributed by atoms with Crippen LogP contribution in [0.5, 0.6) is 0 Å². The summed E-state index contributed by atoms with van der Waals surface area (Å²) in [5.74, 6) is 1.97. The average Bonchev–Trinajstić information content (AvgIpc) is 2.61. The molecule has 2 bridgehead atoms. The minimum Gasteiger partial charge on any atom is -0.0816 e. The van der Waals surface area contributed by atoms with Crippen molar-refractivity contribution in [3.05, 3.63) is 11.6 Å². The molecule has 0 amide bonds. The Morgan fingerprint density at radius 2 is 2.15 bits per heavy atom. The van der Waals surface area contributed by atoms with Gasteiger partial charge in [-0.25, -0.2) is 0 Å². The van der Waals surface area contributed by atoms with E-state index in [0.29, 0.717) is 10.8 Å². The predicted octanol–water partition coefficient (Wildman–Crippen LogP) is 3.78. The molecule has 2 saturated carbocycles. The molecule has 0 saturated heterocycles. The lowest BCUT2D eigenvalue weighted by atomic mass is 9.61. The Kier molecular flexibility index (Phi) is 1.27. The van der Waals surface area contributed by atoms with Gasteiger partial charge in [0, 0.05) is 0 Å². The minimum atomic E-state index is 0.568. The van der Waals surface area contributed by atoms with Crippen molar-refractivity contribution in [2.24, 2.45) is 22.7 Å². The maximum Gasteiger partial charge on any atom is -0.00567 e. The maximum atomic E-state index is 2.58. The third-order valence-electron chi connectivity index (χ3n) is 5.79.